The van der Waals surface area contributed by atoms with Gasteiger partial charge >= 0.3 is 0 Å². The Kier molecular flexibility index (Phi) is 6.21. The number of thiazole rings is 1. The average molecular weight is 575 g/mol. The molecule has 1 heterocycles. The monoisotopic (exact) mass is 574 g/mol. The number of aromatic nitrogens is 1. The fraction of sp³-hybridized carbons (Fsp3) is 0.241. The molecule has 0 spiro atoms. The van der Waals surface area contributed by atoms with Crippen molar-refractivity contribution in [2.75, 3.05) is 5.32 Å². The number of hydrogen-bond acceptors (Lipinski definition) is 11. The molecule has 6 rings (SSSR count). The molecule has 0 saturated heterocycles. The fourth-order valence-corrected chi connectivity index (χ4v) is 7.11. The number of primary amides is 1. The number of nitrogens with two attached hydrogens (primary N) is 2. The summed E-state index contributed by atoms with van der Waals surface area (Å²) in [6.07, 6.45) is -1.44. The quantitative estimate of drug-likeness (QED) is 0.179. The van der Waals surface area contributed by atoms with Crippen LogP contribution < -0.4 is 16.8 Å². The minimum atomic E-state index is -1.57. The zero-order valence-corrected chi connectivity index (χ0v) is 22.4. The van der Waals surface area contributed by atoms with Gasteiger partial charge in [0, 0.05) is 28.4 Å². The van der Waals surface area contributed by atoms with Gasteiger partial charge in [-0.05, 0) is 17.5 Å². The van der Waals surface area contributed by atoms with Gasteiger partial charge < -0.3 is 37.2 Å². The van der Waals surface area contributed by atoms with Crippen LogP contribution in [0.5, 0.6) is 5.75 Å². The van der Waals surface area contributed by atoms with E-state index in [1.165, 1.54) is 11.3 Å². The topological polar surface area (TPSA) is 209 Å². The lowest BCUT2D eigenvalue weighted by Gasteiger charge is -2.48. The maximum atomic E-state index is 13.9. The highest BCUT2D eigenvalue weighted by atomic mass is 32.1. The minimum absolute atomic E-state index is 0.0909. The molecule has 210 valence electrons. The van der Waals surface area contributed by atoms with Crippen LogP contribution in [0.15, 0.2) is 70.5 Å². The van der Waals surface area contributed by atoms with Crippen molar-refractivity contribution in [2.24, 2.45) is 29.2 Å². The molecule has 0 radical (unpaired) electrons. The third-order valence-corrected chi connectivity index (χ3v) is 9.10. The molecule has 12 heteroatoms. The molecule has 0 bridgehead atoms. The van der Waals surface area contributed by atoms with E-state index in [2.05, 4.69) is 10.3 Å². The fourth-order valence-electron chi connectivity index (χ4n) is 6.38. The van der Waals surface area contributed by atoms with E-state index in [-0.39, 0.29) is 22.6 Å². The predicted octanol–water partition coefficient (Wildman–Crippen LogP) is 2.80. The zero-order valence-electron chi connectivity index (χ0n) is 21.6. The summed E-state index contributed by atoms with van der Waals surface area (Å²) in [5.41, 5.74) is 12.6. The van der Waals surface area contributed by atoms with Crippen LogP contribution in [0.4, 0.5) is 10.8 Å². The van der Waals surface area contributed by atoms with Gasteiger partial charge in [-0.25, -0.2) is 4.98 Å². The maximum absolute atomic E-state index is 13.9. The van der Waals surface area contributed by atoms with E-state index in [4.69, 9.17) is 11.5 Å². The molecule has 0 aliphatic heterocycles. The van der Waals surface area contributed by atoms with Crippen LogP contribution in [0.2, 0.25) is 0 Å². The van der Waals surface area contributed by atoms with Crippen LogP contribution in [0.1, 0.15) is 28.8 Å². The number of allylic oxidation sites excluding steroid dienone is 1. The van der Waals surface area contributed by atoms with Gasteiger partial charge in [0.1, 0.15) is 17.1 Å². The molecule has 2 aromatic carbocycles. The first-order valence-electron chi connectivity index (χ1n) is 12.8. The largest absolute Gasteiger partial charge is 0.511 e. The molecule has 41 heavy (non-hydrogen) atoms. The second-order valence-corrected chi connectivity index (χ2v) is 11.3. The number of amides is 1. The third kappa shape index (κ3) is 3.86. The van der Waals surface area contributed by atoms with E-state index >= 15 is 0 Å². The number of carbonyl (C=O) groups excluding carboxylic acids is 3. The Balaban J connectivity index is 1.41. The third-order valence-electron chi connectivity index (χ3n) is 8.34. The molecule has 3 unspecified atom stereocenters. The number of carbonyl (C=O) groups is 3. The van der Waals surface area contributed by atoms with Crippen molar-refractivity contribution in [1.82, 2.24) is 4.98 Å². The second-order valence-electron chi connectivity index (χ2n) is 10.5. The van der Waals surface area contributed by atoms with Gasteiger partial charge in [-0.1, -0.05) is 43.3 Å². The lowest BCUT2D eigenvalue weighted by molar-refractivity contribution is -0.129. The van der Waals surface area contributed by atoms with Crippen LogP contribution >= 0.6 is 11.3 Å². The van der Waals surface area contributed by atoms with Gasteiger partial charge in [0.2, 0.25) is 0 Å². The number of phenolic OH excluding ortho intramolecular Hbond substituents is 1. The summed E-state index contributed by atoms with van der Waals surface area (Å²) in [7, 11) is 0. The summed E-state index contributed by atoms with van der Waals surface area (Å²) in [5, 5.41) is 49.8. The van der Waals surface area contributed by atoms with Gasteiger partial charge in [-0.15, -0.1) is 11.3 Å². The van der Waals surface area contributed by atoms with E-state index in [1.54, 1.807) is 19.1 Å². The predicted molar refractivity (Wildman–Crippen MR) is 150 cm³/mol. The van der Waals surface area contributed by atoms with E-state index in [0.717, 1.165) is 11.3 Å². The first-order chi connectivity index (χ1) is 19.5. The SMILES string of the molecule is C[C@H]1c2ccc(Nc3nc(-c4ccccc4)cs3)c(O)c2C(=O)C2=C(O)C3C(=O)C(C(N)=O)=C(O)[C@@H](N)C3[C@@H](O)C21. The normalized spacial score (nSPS) is 27.3. The Labute approximate surface area is 237 Å². The smallest absolute Gasteiger partial charge is 0.255 e. The molecular weight excluding hydrogens is 548 g/mol. The Morgan fingerprint density at radius 2 is 1.76 bits per heavy atom. The van der Waals surface area contributed by atoms with E-state index in [0.29, 0.717) is 10.7 Å². The molecular formula is C29H26N4O7S. The average Bonchev–Trinajstić information content (AvgIpc) is 3.41. The zero-order chi connectivity index (χ0) is 29.3. The van der Waals surface area contributed by atoms with Gasteiger partial charge in [-0.2, -0.15) is 0 Å². The van der Waals surface area contributed by atoms with Gasteiger partial charge in [0.05, 0.1) is 35.0 Å². The molecule has 0 fully saturated rings. The number of hydrogen-bond donors (Lipinski definition) is 7. The molecule has 11 nitrogen and oxygen atoms in total. The lowest BCUT2D eigenvalue weighted by atomic mass is 9.57. The van der Waals surface area contributed by atoms with Crippen LogP contribution in [-0.2, 0) is 9.59 Å². The highest BCUT2D eigenvalue weighted by Gasteiger charge is 2.58. The highest BCUT2D eigenvalue weighted by Crippen LogP contribution is 2.54. The first-order valence-corrected chi connectivity index (χ1v) is 13.7. The summed E-state index contributed by atoms with van der Waals surface area (Å²) in [6, 6.07) is 11.4. The standard InChI is InChI=1S/C29H26N4O7S/c1-10-12-7-8-13(32-29-33-14(9-41-29)11-5-3-2-4-6-11)22(34)16(12)24(36)18-15(10)23(35)17-19(25(18)37)26(38)20(28(31)40)27(39)21(17)30/h2-10,15,17,19,21,23,34-35,37,39H,30H2,1H3,(H2,31,40)(H,32,33)/t10-,15?,17?,19?,21-,23-/m0/s1. The summed E-state index contributed by atoms with van der Waals surface area (Å²) in [6.45, 7) is 1.72. The van der Waals surface area contributed by atoms with Crippen molar-refractivity contribution in [3.63, 3.8) is 0 Å². The number of ketones is 2. The Bertz CT molecular complexity index is 1700. The highest BCUT2D eigenvalue weighted by molar-refractivity contribution is 7.14. The lowest BCUT2D eigenvalue weighted by Crippen LogP contribution is -2.58. The molecule has 1 amide bonds. The van der Waals surface area contributed by atoms with E-state index in [9.17, 15) is 34.8 Å². The number of fused-ring (bicyclic) bond motifs is 3. The number of aromatic hydroxyl groups is 1. The van der Waals surface area contributed by atoms with Crippen molar-refractivity contribution >= 4 is 39.6 Å². The van der Waals surface area contributed by atoms with E-state index in [1.807, 2.05) is 35.7 Å². The molecule has 3 aromatic rings. The second kappa shape index (κ2) is 9.54. The number of aliphatic hydroxyl groups excluding tert-OH is 3. The van der Waals surface area contributed by atoms with Crippen molar-refractivity contribution in [1.29, 1.82) is 0 Å². The molecule has 0 saturated carbocycles. The van der Waals surface area contributed by atoms with Crippen LogP contribution in [-0.4, -0.2) is 55.0 Å². The van der Waals surface area contributed by atoms with E-state index < -0.39 is 70.4 Å². The van der Waals surface area contributed by atoms with Crippen LogP contribution in [0.3, 0.4) is 0 Å². The Morgan fingerprint density at radius 1 is 1.05 bits per heavy atom. The molecule has 6 atom stereocenters. The summed E-state index contributed by atoms with van der Waals surface area (Å²) in [4.78, 5) is 43.6. The summed E-state index contributed by atoms with van der Waals surface area (Å²) in [5.74, 6) is -9.24. The van der Waals surface area contributed by atoms with Gasteiger partial charge in [-0.3, -0.25) is 14.4 Å². The molecule has 1 aromatic heterocycles. The first kappa shape index (κ1) is 26.7. The number of benzene rings is 2. The number of rotatable bonds is 4. The number of phenols is 1. The number of anilines is 2. The Morgan fingerprint density at radius 3 is 2.44 bits per heavy atom. The molecule has 9 N–H and O–H groups in total. The number of aliphatic hydroxyl groups is 3. The number of Topliss-reactive ketones (excluding diaryl/α,β-unsaturated/α-hetero) is 2. The van der Waals surface area contributed by atoms with Crippen LogP contribution in [0.25, 0.3) is 11.3 Å². The summed E-state index contributed by atoms with van der Waals surface area (Å²) >= 11 is 1.31. The maximum Gasteiger partial charge on any atom is 0.255 e. The molecule has 3 aliphatic rings. The number of nitrogens with one attached hydrogen (secondary N) is 1. The van der Waals surface area contributed by atoms with Gasteiger partial charge in [0.15, 0.2) is 22.4 Å². The van der Waals surface area contributed by atoms with Gasteiger partial charge in [0.25, 0.3) is 5.91 Å². The minimum Gasteiger partial charge on any atom is -0.511 e. The van der Waals surface area contributed by atoms with Crippen LogP contribution in [0, 0.1) is 17.8 Å². The van der Waals surface area contributed by atoms with Crippen molar-refractivity contribution in [3.05, 3.63) is 81.6 Å². The van der Waals surface area contributed by atoms with Crippen molar-refractivity contribution in [2.45, 2.75) is 25.0 Å². The van der Waals surface area contributed by atoms with Crippen molar-refractivity contribution in [3.8, 4) is 17.0 Å². The Hall–Kier alpha value is -4.52. The van der Waals surface area contributed by atoms with Crippen molar-refractivity contribution < 1.29 is 34.8 Å². The summed E-state index contributed by atoms with van der Waals surface area (Å²) < 4.78 is 0. The number of nitrogens with zero attached hydrogens (tertiary/aromatic N) is 1. The molecule has 3 aliphatic carbocycles.